The first-order valence-electron chi connectivity index (χ1n) is 5.19. The summed E-state index contributed by atoms with van der Waals surface area (Å²) in [6.07, 6.45) is 6.01. The molecule has 2 atom stereocenters. The van der Waals surface area contributed by atoms with E-state index >= 15 is 0 Å². The van der Waals surface area contributed by atoms with Gasteiger partial charge in [0.2, 0.25) is 0 Å². The second kappa shape index (κ2) is 4.23. The molecule has 0 aromatic carbocycles. The maximum absolute atomic E-state index is 10.7. The van der Waals surface area contributed by atoms with Gasteiger partial charge in [-0.1, -0.05) is 26.7 Å². The van der Waals surface area contributed by atoms with Gasteiger partial charge in [0.15, 0.2) is 0 Å². The Labute approximate surface area is 80.3 Å². The standard InChI is InChI=1S/C11H20O2/c1-11(2,8-12)7-9-5-3-4-6-10(9)13/h8-10,13H,3-7H2,1-2H3. The van der Waals surface area contributed by atoms with Crippen LogP contribution >= 0.6 is 0 Å². The number of carbonyl (C=O) groups excluding carboxylic acids is 1. The molecule has 1 N–H and O–H groups in total. The molecule has 2 unspecified atom stereocenters. The van der Waals surface area contributed by atoms with Gasteiger partial charge in [0.05, 0.1) is 6.10 Å². The van der Waals surface area contributed by atoms with E-state index in [0.717, 1.165) is 32.0 Å². The van der Waals surface area contributed by atoms with Crippen molar-refractivity contribution in [2.45, 2.75) is 52.1 Å². The average Bonchev–Trinajstić information content (AvgIpc) is 2.09. The summed E-state index contributed by atoms with van der Waals surface area (Å²) >= 11 is 0. The molecular weight excluding hydrogens is 164 g/mol. The molecule has 0 radical (unpaired) electrons. The van der Waals surface area contributed by atoms with E-state index in [1.54, 1.807) is 0 Å². The Bertz CT molecular complexity index is 175. The predicted octanol–water partition coefficient (Wildman–Crippen LogP) is 2.15. The number of aliphatic hydroxyl groups is 1. The molecule has 1 aliphatic carbocycles. The van der Waals surface area contributed by atoms with Gasteiger partial charge in [0.1, 0.15) is 6.29 Å². The smallest absolute Gasteiger partial charge is 0.125 e. The van der Waals surface area contributed by atoms with Crippen molar-refractivity contribution in [1.82, 2.24) is 0 Å². The lowest BCUT2D eigenvalue weighted by Gasteiger charge is -2.31. The van der Waals surface area contributed by atoms with E-state index < -0.39 is 0 Å². The van der Waals surface area contributed by atoms with Gasteiger partial charge in [-0.3, -0.25) is 0 Å². The van der Waals surface area contributed by atoms with E-state index in [2.05, 4.69) is 0 Å². The third-order valence-corrected chi connectivity index (χ3v) is 2.98. The zero-order chi connectivity index (χ0) is 9.90. The summed E-state index contributed by atoms with van der Waals surface area (Å²) in [7, 11) is 0. The maximum Gasteiger partial charge on any atom is 0.125 e. The fraction of sp³-hybridized carbons (Fsp3) is 0.909. The molecule has 0 spiro atoms. The predicted molar refractivity (Wildman–Crippen MR) is 52.4 cm³/mol. The fourth-order valence-corrected chi connectivity index (χ4v) is 2.15. The molecule has 0 heterocycles. The van der Waals surface area contributed by atoms with Crippen molar-refractivity contribution in [2.24, 2.45) is 11.3 Å². The zero-order valence-electron chi connectivity index (χ0n) is 8.62. The molecule has 13 heavy (non-hydrogen) atoms. The zero-order valence-corrected chi connectivity index (χ0v) is 8.62. The van der Waals surface area contributed by atoms with Crippen LogP contribution in [0.5, 0.6) is 0 Å². The van der Waals surface area contributed by atoms with Crippen LogP contribution < -0.4 is 0 Å². The molecule has 76 valence electrons. The topological polar surface area (TPSA) is 37.3 Å². The number of hydrogen-bond acceptors (Lipinski definition) is 2. The van der Waals surface area contributed by atoms with Gasteiger partial charge in [-0.05, 0) is 25.2 Å². The molecule has 0 aromatic rings. The van der Waals surface area contributed by atoms with Gasteiger partial charge in [-0.15, -0.1) is 0 Å². The van der Waals surface area contributed by atoms with Crippen LogP contribution in [0.1, 0.15) is 46.0 Å². The monoisotopic (exact) mass is 184 g/mol. The van der Waals surface area contributed by atoms with Crippen LogP contribution in [0.4, 0.5) is 0 Å². The van der Waals surface area contributed by atoms with E-state index in [9.17, 15) is 9.90 Å². The summed E-state index contributed by atoms with van der Waals surface area (Å²) in [6, 6.07) is 0. The molecule has 2 heteroatoms. The van der Waals surface area contributed by atoms with Gasteiger partial charge in [0, 0.05) is 5.41 Å². The molecular formula is C11H20O2. The van der Waals surface area contributed by atoms with E-state index in [0.29, 0.717) is 5.92 Å². The van der Waals surface area contributed by atoms with E-state index in [1.165, 1.54) is 6.42 Å². The Kier molecular flexibility index (Phi) is 3.48. The Balaban J connectivity index is 2.46. The lowest BCUT2D eigenvalue weighted by molar-refractivity contribution is -0.116. The highest BCUT2D eigenvalue weighted by atomic mass is 16.3. The van der Waals surface area contributed by atoms with Crippen LogP contribution in [-0.4, -0.2) is 17.5 Å². The first-order chi connectivity index (χ1) is 6.05. The minimum Gasteiger partial charge on any atom is -0.393 e. The third-order valence-electron chi connectivity index (χ3n) is 2.98. The Morgan fingerprint density at radius 1 is 1.38 bits per heavy atom. The average molecular weight is 184 g/mol. The number of aldehydes is 1. The summed E-state index contributed by atoms with van der Waals surface area (Å²) in [5, 5.41) is 9.71. The Hall–Kier alpha value is -0.370. The second-order valence-electron chi connectivity index (χ2n) is 4.92. The van der Waals surface area contributed by atoms with Gasteiger partial charge < -0.3 is 9.90 Å². The second-order valence-corrected chi connectivity index (χ2v) is 4.92. The summed E-state index contributed by atoms with van der Waals surface area (Å²) in [5.74, 6) is 0.342. The van der Waals surface area contributed by atoms with Crippen LogP contribution in [0.15, 0.2) is 0 Å². The van der Waals surface area contributed by atoms with Crippen LogP contribution in [0.3, 0.4) is 0 Å². The van der Waals surface area contributed by atoms with Crippen LogP contribution in [0.2, 0.25) is 0 Å². The van der Waals surface area contributed by atoms with Crippen molar-refractivity contribution in [3.05, 3.63) is 0 Å². The molecule has 0 aromatic heterocycles. The largest absolute Gasteiger partial charge is 0.393 e. The van der Waals surface area contributed by atoms with Crippen molar-refractivity contribution >= 4 is 6.29 Å². The van der Waals surface area contributed by atoms with E-state index in [-0.39, 0.29) is 11.5 Å². The summed E-state index contributed by atoms with van der Waals surface area (Å²) < 4.78 is 0. The number of carbonyl (C=O) groups is 1. The molecule has 0 aliphatic heterocycles. The molecule has 1 aliphatic rings. The normalized spacial score (nSPS) is 30.1. The van der Waals surface area contributed by atoms with Gasteiger partial charge in [-0.2, -0.15) is 0 Å². The van der Waals surface area contributed by atoms with Crippen LogP contribution in [0, 0.1) is 11.3 Å². The molecule has 1 fully saturated rings. The highest BCUT2D eigenvalue weighted by Crippen LogP contribution is 2.33. The first kappa shape index (κ1) is 10.7. The molecule has 0 amide bonds. The van der Waals surface area contributed by atoms with E-state index in [4.69, 9.17) is 0 Å². The molecule has 0 saturated heterocycles. The van der Waals surface area contributed by atoms with Crippen LogP contribution in [0.25, 0.3) is 0 Å². The molecule has 1 saturated carbocycles. The molecule has 1 rings (SSSR count). The highest BCUT2D eigenvalue weighted by molar-refractivity contribution is 5.57. The summed E-state index contributed by atoms with van der Waals surface area (Å²) in [5.41, 5.74) is -0.261. The third kappa shape index (κ3) is 3.11. The summed E-state index contributed by atoms with van der Waals surface area (Å²) in [6.45, 7) is 3.89. The minimum atomic E-state index is -0.261. The van der Waals surface area contributed by atoms with Crippen molar-refractivity contribution in [3.63, 3.8) is 0 Å². The van der Waals surface area contributed by atoms with Crippen molar-refractivity contribution in [2.75, 3.05) is 0 Å². The van der Waals surface area contributed by atoms with Crippen molar-refractivity contribution < 1.29 is 9.90 Å². The van der Waals surface area contributed by atoms with Gasteiger partial charge in [0.25, 0.3) is 0 Å². The molecule has 0 bridgehead atoms. The Morgan fingerprint density at radius 3 is 2.54 bits per heavy atom. The fourth-order valence-electron chi connectivity index (χ4n) is 2.15. The quantitative estimate of drug-likeness (QED) is 0.682. The van der Waals surface area contributed by atoms with Crippen molar-refractivity contribution in [1.29, 1.82) is 0 Å². The first-order valence-corrected chi connectivity index (χ1v) is 5.19. The lowest BCUT2D eigenvalue weighted by atomic mass is 9.76. The van der Waals surface area contributed by atoms with Gasteiger partial charge >= 0.3 is 0 Å². The summed E-state index contributed by atoms with van der Waals surface area (Å²) in [4.78, 5) is 10.7. The highest BCUT2D eigenvalue weighted by Gasteiger charge is 2.29. The van der Waals surface area contributed by atoms with Crippen LogP contribution in [-0.2, 0) is 4.79 Å². The Morgan fingerprint density at radius 2 is 2.00 bits per heavy atom. The minimum absolute atomic E-state index is 0.173. The van der Waals surface area contributed by atoms with Gasteiger partial charge in [-0.25, -0.2) is 0 Å². The SMILES string of the molecule is CC(C)(C=O)CC1CCCCC1O. The maximum atomic E-state index is 10.7. The number of aliphatic hydroxyl groups excluding tert-OH is 1. The number of rotatable bonds is 3. The molecule has 2 nitrogen and oxygen atoms in total. The van der Waals surface area contributed by atoms with Crippen molar-refractivity contribution in [3.8, 4) is 0 Å². The van der Waals surface area contributed by atoms with E-state index in [1.807, 2.05) is 13.8 Å². The number of hydrogen-bond donors (Lipinski definition) is 1. The lowest BCUT2D eigenvalue weighted by Crippen LogP contribution is -2.29.